The summed E-state index contributed by atoms with van der Waals surface area (Å²) in [4.78, 5) is 0. The van der Waals surface area contributed by atoms with Crippen molar-refractivity contribution in [2.45, 2.75) is 79.6 Å². The third-order valence-electron chi connectivity index (χ3n) is 5.46. The van der Waals surface area contributed by atoms with Crippen molar-refractivity contribution in [1.29, 1.82) is 0 Å². The van der Waals surface area contributed by atoms with Gasteiger partial charge in [-0.2, -0.15) is 0 Å². The van der Waals surface area contributed by atoms with Crippen molar-refractivity contribution in [3.8, 4) is 0 Å². The monoisotopic (exact) mass is 272 g/mol. The fourth-order valence-corrected chi connectivity index (χ4v) is 3.90. The Balaban J connectivity index is 2.35. The van der Waals surface area contributed by atoms with Crippen LogP contribution in [0.15, 0.2) is 34.4 Å². The Kier molecular flexibility index (Phi) is 4.94. The van der Waals surface area contributed by atoms with E-state index in [2.05, 4.69) is 46.8 Å². The second kappa shape index (κ2) is 6.33. The fourth-order valence-electron chi connectivity index (χ4n) is 3.90. The predicted octanol–water partition coefficient (Wildman–Crippen LogP) is 6.60. The molecule has 0 bridgehead atoms. The first-order chi connectivity index (χ1) is 9.42. The van der Waals surface area contributed by atoms with E-state index in [-0.39, 0.29) is 0 Å². The Morgan fingerprint density at radius 3 is 2.35 bits per heavy atom. The van der Waals surface area contributed by atoms with Gasteiger partial charge in [0.25, 0.3) is 0 Å². The Morgan fingerprint density at radius 1 is 0.950 bits per heavy atom. The summed E-state index contributed by atoms with van der Waals surface area (Å²) in [6.07, 6.45) is 14.0. The van der Waals surface area contributed by atoms with Gasteiger partial charge in [-0.1, -0.05) is 55.2 Å². The molecule has 0 amide bonds. The molecular formula is C20H32. The Hall–Kier alpha value is -0.780. The summed E-state index contributed by atoms with van der Waals surface area (Å²) in [6.45, 7) is 11.9. The molecule has 2 aliphatic rings. The van der Waals surface area contributed by atoms with Crippen LogP contribution >= 0.6 is 0 Å². The first-order valence-electron chi connectivity index (χ1n) is 8.46. The van der Waals surface area contributed by atoms with Crippen LogP contribution in [0.1, 0.15) is 79.6 Å². The molecule has 2 aliphatic carbocycles. The maximum absolute atomic E-state index is 2.53. The van der Waals surface area contributed by atoms with Crippen LogP contribution in [0.25, 0.3) is 0 Å². The molecule has 0 unspecified atom stereocenters. The summed E-state index contributed by atoms with van der Waals surface area (Å²) in [5.74, 6) is 0.728. The molecule has 0 fully saturated rings. The van der Waals surface area contributed by atoms with E-state index in [0.29, 0.717) is 5.41 Å². The SMILES string of the molecule is CC1=CC[C@@]2(C)CCC(C(C)C)=C2CCC(C)=CCC1. The van der Waals surface area contributed by atoms with E-state index < -0.39 is 0 Å². The van der Waals surface area contributed by atoms with Crippen molar-refractivity contribution in [1.82, 2.24) is 0 Å². The second-order valence-electron chi connectivity index (χ2n) is 7.56. The highest BCUT2D eigenvalue weighted by atomic mass is 14.4. The van der Waals surface area contributed by atoms with Crippen molar-refractivity contribution in [2.75, 3.05) is 0 Å². The van der Waals surface area contributed by atoms with Gasteiger partial charge in [-0.25, -0.2) is 0 Å². The largest absolute Gasteiger partial charge is 0.0853 e. The molecule has 0 radical (unpaired) electrons. The first kappa shape index (κ1) is 15.6. The molecule has 1 atom stereocenters. The zero-order valence-electron chi connectivity index (χ0n) is 14.2. The van der Waals surface area contributed by atoms with Crippen molar-refractivity contribution in [2.24, 2.45) is 11.3 Å². The predicted molar refractivity (Wildman–Crippen MR) is 89.8 cm³/mol. The lowest BCUT2D eigenvalue weighted by molar-refractivity contribution is 0.386. The summed E-state index contributed by atoms with van der Waals surface area (Å²) in [5.41, 5.74) is 7.17. The molecule has 0 spiro atoms. The molecule has 0 nitrogen and oxygen atoms in total. The number of rotatable bonds is 1. The van der Waals surface area contributed by atoms with Crippen LogP contribution < -0.4 is 0 Å². The Labute approximate surface area is 126 Å². The van der Waals surface area contributed by atoms with E-state index in [9.17, 15) is 0 Å². The van der Waals surface area contributed by atoms with Gasteiger partial charge in [-0.15, -0.1) is 0 Å². The summed E-state index contributed by atoms with van der Waals surface area (Å²) in [6, 6.07) is 0. The van der Waals surface area contributed by atoms with E-state index in [0.717, 1.165) is 5.92 Å². The highest BCUT2D eigenvalue weighted by Crippen LogP contribution is 2.50. The lowest BCUT2D eigenvalue weighted by atomic mass is 9.76. The third kappa shape index (κ3) is 3.45. The van der Waals surface area contributed by atoms with Gasteiger partial charge in [-0.3, -0.25) is 0 Å². The molecule has 2 rings (SSSR count). The number of allylic oxidation sites excluding steroid dienone is 6. The zero-order chi connectivity index (χ0) is 14.8. The lowest BCUT2D eigenvalue weighted by Gasteiger charge is -2.28. The van der Waals surface area contributed by atoms with Crippen molar-refractivity contribution in [3.05, 3.63) is 34.4 Å². The Bertz CT molecular complexity index is 445. The van der Waals surface area contributed by atoms with E-state index >= 15 is 0 Å². The van der Waals surface area contributed by atoms with E-state index in [1.54, 1.807) is 22.3 Å². The molecule has 0 aromatic rings. The van der Waals surface area contributed by atoms with Gasteiger partial charge in [0.05, 0.1) is 0 Å². The number of hydrogen-bond acceptors (Lipinski definition) is 0. The van der Waals surface area contributed by atoms with Crippen LogP contribution in [0.5, 0.6) is 0 Å². The highest BCUT2D eigenvalue weighted by Gasteiger charge is 2.35. The Morgan fingerprint density at radius 2 is 1.65 bits per heavy atom. The average Bonchev–Trinajstić information content (AvgIpc) is 2.70. The van der Waals surface area contributed by atoms with Crippen LogP contribution in [0, 0.1) is 11.3 Å². The topological polar surface area (TPSA) is 0 Å². The van der Waals surface area contributed by atoms with Crippen LogP contribution in [-0.4, -0.2) is 0 Å². The molecule has 0 saturated heterocycles. The summed E-state index contributed by atoms with van der Waals surface area (Å²) in [7, 11) is 0. The van der Waals surface area contributed by atoms with Crippen LogP contribution in [0.3, 0.4) is 0 Å². The fraction of sp³-hybridized carbons (Fsp3) is 0.700. The maximum atomic E-state index is 2.53. The molecule has 0 heterocycles. The van der Waals surface area contributed by atoms with Crippen LogP contribution in [-0.2, 0) is 0 Å². The molecule has 0 N–H and O–H groups in total. The van der Waals surface area contributed by atoms with Crippen LogP contribution in [0.2, 0.25) is 0 Å². The number of fused-ring (bicyclic) bond motifs is 1. The highest BCUT2D eigenvalue weighted by molar-refractivity contribution is 5.31. The van der Waals surface area contributed by atoms with Gasteiger partial charge in [0.15, 0.2) is 0 Å². The van der Waals surface area contributed by atoms with Gasteiger partial charge in [0.2, 0.25) is 0 Å². The zero-order valence-corrected chi connectivity index (χ0v) is 14.2. The van der Waals surface area contributed by atoms with Crippen molar-refractivity contribution >= 4 is 0 Å². The van der Waals surface area contributed by atoms with E-state index in [4.69, 9.17) is 0 Å². The van der Waals surface area contributed by atoms with E-state index in [1.807, 2.05) is 0 Å². The minimum Gasteiger partial charge on any atom is -0.0853 e. The number of hydrogen-bond donors (Lipinski definition) is 0. The molecule has 0 aliphatic heterocycles. The standard InChI is InChI=1S/C20H32/c1-15(2)18-12-14-20(5)13-11-17(4)8-6-7-16(3)9-10-19(18)20/h7,11,15H,6,8-10,12-14H2,1-5H3/t20-/m0/s1. The summed E-state index contributed by atoms with van der Waals surface area (Å²) in [5, 5.41) is 0. The second-order valence-corrected chi connectivity index (χ2v) is 7.56. The molecule has 0 aromatic carbocycles. The molecule has 0 heteroatoms. The van der Waals surface area contributed by atoms with Crippen LogP contribution in [0.4, 0.5) is 0 Å². The van der Waals surface area contributed by atoms with Gasteiger partial charge in [0, 0.05) is 0 Å². The quantitative estimate of drug-likeness (QED) is 0.472. The maximum Gasteiger partial charge on any atom is -0.00759 e. The molecule has 0 aromatic heterocycles. The van der Waals surface area contributed by atoms with Gasteiger partial charge in [0.1, 0.15) is 0 Å². The first-order valence-corrected chi connectivity index (χ1v) is 8.46. The molecule has 20 heavy (non-hydrogen) atoms. The molecule has 112 valence electrons. The van der Waals surface area contributed by atoms with Gasteiger partial charge in [-0.05, 0) is 70.1 Å². The van der Waals surface area contributed by atoms with Crippen molar-refractivity contribution < 1.29 is 0 Å². The average molecular weight is 272 g/mol. The normalized spacial score (nSPS) is 28.9. The summed E-state index contributed by atoms with van der Waals surface area (Å²) >= 11 is 0. The minimum atomic E-state index is 0.436. The smallest absolute Gasteiger partial charge is 0.00759 e. The van der Waals surface area contributed by atoms with Gasteiger partial charge < -0.3 is 0 Å². The van der Waals surface area contributed by atoms with Gasteiger partial charge >= 0.3 is 0 Å². The third-order valence-corrected chi connectivity index (χ3v) is 5.46. The minimum absolute atomic E-state index is 0.436. The lowest BCUT2D eigenvalue weighted by Crippen LogP contribution is -2.15. The van der Waals surface area contributed by atoms with Crippen molar-refractivity contribution in [3.63, 3.8) is 0 Å². The molecular weight excluding hydrogens is 240 g/mol. The molecule has 0 saturated carbocycles. The summed E-state index contributed by atoms with van der Waals surface area (Å²) < 4.78 is 0. The van der Waals surface area contributed by atoms with E-state index in [1.165, 1.54) is 44.9 Å².